The van der Waals surface area contributed by atoms with Crippen LogP contribution in [0.3, 0.4) is 0 Å². The fourth-order valence-corrected chi connectivity index (χ4v) is 3.06. The minimum Gasteiger partial charge on any atom is -0.481 e. The third kappa shape index (κ3) is 5.57. The molecule has 9 heteroatoms. The second kappa shape index (κ2) is 9.93. The monoisotopic (exact) mass is 378 g/mol. The summed E-state index contributed by atoms with van der Waals surface area (Å²) in [5.41, 5.74) is 0. The van der Waals surface area contributed by atoms with Gasteiger partial charge in [-0.05, 0) is 19.4 Å². The van der Waals surface area contributed by atoms with Crippen LogP contribution in [0.25, 0.3) is 10.8 Å². The number of aromatic nitrogens is 3. The summed E-state index contributed by atoms with van der Waals surface area (Å²) in [6.07, 6.45) is 5.35. The molecule has 2 rings (SSSR count). The molecule has 0 fully saturated rings. The van der Waals surface area contributed by atoms with Gasteiger partial charge in [0, 0.05) is 38.7 Å². The minimum atomic E-state index is -0.935. The molecule has 0 saturated carbocycles. The fourth-order valence-electron chi connectivity index (χ4n) is 2.23. The van der Waals surface area contributed by atoms with Gasteiger partial charge >= 0.3 is 5.97 Å². The molecule has 1 unspecified atom stereocenters. The summed E-state index contributed by atoms with van der Waals surface area (Å²) in [7, 11) is 0. The first kappa shape index (κ1) is 19.9. The van der Waals surface area contributed by atoms with Crippen LogP contribution >= 0.6 is 11.3 Å². The minimum absolute atomic E-state index is 0.134. The van der Waals surface area contributed by atoms with E-state index in [0.717, 1.165) is 0 Å². The standard InChI is InChI=1S/C17H22N4O4S/c1-3-25-9-5-8-21(11-12(2)17(23)24)16(22)13-10-20-15(26-13)14-18-6-4-7-19-14/h4,6-7,10,12H,3,5,8-9,11H2,1-2H3,(H,23,24). The van der Waals surface area contributed by atoms with Crippen molar-refractivity contribution < 1.29 is 19.4 Å². The lowest BCUT2D eigenvalue weighted by molar-refractivity contribution is -0.141. The lowest BCUT2D eigenvalue weighted by atomic mass is 10.1. The Morgan fingerprint density at radius 3 is 2.69 bits per heavy atom. The highest BCUT2D eigenvalue weighted by Gasteiger charge is 2.23. The predicted molar refractivity (Wildman–Crippen MR) is 97.0 cm³/mol. The highest BCUT2D eigenvalue weighted by molar-refractivity contribution is 7.16. The molecule has 1 N–H and O–H groups in total. The maximum absolute atomic E-state index is 12.8. The van der Waals surface area contributed by atoms with E-state index < -0.39 is 11.9 Å². The van der Waals surface area contributed by atoms with Crippen molar-refractivity contribution in [1.82, 2.24) is 19.9 Å². The predicted octanol–water partition coefficient (Wildman–Crippen LogP) is 2.19. The summed E-state index contributed by atoms with van der Waals surface area (Å²) >= 11 is 1.20. The molecule has 0 aliphatic heterocycles. The van der Waals surface area contributed by atoms with E-state index in [0.29, 0.717) is 41.9 Å². The van der Waals surface area contributed by atoms with Crippen molar-refractivity contribution in [3.05, 3.63) is 29.5 Å². The molecule has 0 aromatic carbocycles. The van der Waals surface area contributed by atoms with Crippen molar-refractivity contribution in [3.8, 4) is 10.8 Å². The quantitative estimate of drug-likeness (QED) is 0.632. The number of carboxylic acid groups (broad SMARTS) is 1. The number of carbonyl (C=O) groups excluding carboxylic acids is 1. The van der Waals surface area contributed by atoms with E-state index in [-0.39, 0.29) is 12.5 Å². The molecule has 0 aliphatic rings. The lowest BCUT2D eigenvalue weighted by Crippen LogP contribution is -2.37. The maximum Gasteiger partial charge on any atom is 0.308 e. The van der Waals surface area contributed by atoms with E-state index >= 15 is 0 Å². The van der Waals surface area contributed by atoms with Crippen LogP contribution in [-0.2, 0) is 9.53 Å². The zero-order valence-corrected chi connectivity index (χ0v) is 15.6. The molecule has 2 aromatic rings. The highest BCUT2D eigenvalue weighted by atomic mass is 32.1. The van der Waals surface area contributed by atoms with E-state index in [1.54, 1.807) is 30.3 Å². The molecule has 0 spiro atoms. The van der Waals surface area contributed by atoms with Gasteiger partial charge in [-0.1, -0.05) is 6.92 Å². The van der Waals surface area contributed by atoms with Gasteiger partial charge in [-0.2, -0.15) is 0 Å². The van der Waals surface area contributed by atoms with Crippen LogP contribution in [0.1, 0.15) is 29.9 Å². The van der Waals surface area contributed by atoms with Gasteiger partial charge in [0.25, 0.3) is 5.91 Å². The fraction of sp³-hybridized carbons (Fsp3) is 0.471. The van der Waals surface area contributed by atoms with Gasteiger partial charge in [-0.3, -0.25) is 9.59 Å². The van der Waals surface area contributed by atoms with Gasteiger partial charge in [-0.25, -0.2) is 15.0 Å². The van der Waals surface area contributed by atoms with Crippen molar-refractivity contribution in [2.24, 2.45) is 5.92 Å². The first-order valence-corrected chi connectivity index (χ1v) is 9.17. The molecular weight excluding hydrogens is 356 g/mol. The largest absolute Gasteiger partial charge is 0.481 e. The van der Waals surface area contributed by atoms with E-state index in [4.69, 9.17) is 9.84 Å². The summed E-state index contributed by atoms with van der Waals surface area (Å²) in [5, 5.41) is 9.71. The van der Waals surface area contributed by atoms with Crippen LogP contribution < -0.4 is 0 Å². The first-order valence-electron chi connectivity index (χ1n) is 8.36. The summed E-state index contributed by atoms with van der Waals surface area (Å²) in [5.74, 6) is -1.38. The summed E-state index contributed by atoms with van der Waals surface area (Å²) in [4.78, 5) is 38.4. The Hall–Kier alpha value is -2.39. The number of aliphatic carboxylic acids is 1. The number of thiazole rings is 1. The number of hydrogen-bond donors (Lipinski definition) is 1. The van der Waals surface area contributed by atoms with Gasteiger partial charge < -0.3 is 14.7 Å². The molecule has 0 bridgehead atoms. The third-order valence-electron chi connectivity index (χ3n) is 3.60. The molecule has 140 valence electrons. The molecule has 1 atom stereocenters. The van der Waals surface area contributed by atoms with Crippen molar-refractivity contribution >= 4 is 23.2 Å². The van der Waals surface area contributed by atoms with Crippen LogP contribution in [0.15, 0.2) is 24.7 Å². The van der Waals surface area contributed by atoms with Gasteiger partial charge in [0.05, 0.1) is 12.1 Å². The Morgan fingerprint density at radius 2 is 2.04 bits per heavy atom. The summed E-state index contributed by atoms with van der Waals surface area (Å²) < 4.78 is 5.30. The lowest BCUT2D eigenvalue weighted by Gasteiger charge is -2.23. The molecule has 1 amide bonds. The van der Waals surface area contributed by atoms with E-state index in [2.05, 4.69) is 15.0 Å². The molecule has 2 aromatic heterocycles. The van der Waals surface area contributed by atoms with Crippen LogP contribution in [-0.4, -0.2) is 63.1 Å². The summed E-state index contributed by atoms with van der Waals surface area (Å²) in [6.45, 7) is 5.17. The van der Waals surface area contributed by atoms with Crippen molar-refractivity contribution in [1.29, 1.82) is 0 Å². The molecule has 0 aliphatic carbocycles. The Balaban J connectivity index is 2.11. The molecule has 8 nitrogen and oxygen atoms in total. The molecule has 2 heterocycles. The number of carboxylic acids is 1. The zero-order valence-electron chi connectivity index (χ0n) is 14.8. The van der Waals surface area contributed by atoms with Gasteiger partial charge in [0.15, 0.2) is 10.8 Å². The number of ether oxygens (including phenoxy) is 1. The van der Waals surface area contributed by atoms with Crippen LogP contribution in [0.4, 0.5) is 0 Å². The van der Waals surface area contributed by atoms with Crippen molar-refractivity contribution in [2.45, 2.75) is 20.3 Å². The molecule has 0 radical (unpaired) electrons. The van der Waals surface area contributed by atoms with Crippen molar-refractivity contribution in [3.63, 3.8) is 0 Å². The van der Waals surface area contributed by atoms with Crippen LogP contribution in [0.2, 0.25) is 0 Å². The van der Waals surface area contributed by atoms with Gasteiger partial charge in [-0.15, -0.1) is 11.3 Å². The second-order valence-electron chi connectivity index (χ2n) is 5.64. The number of rotatable bonds is 10. The normalized spacial score (nSPS) is 11.9. The Morgan fingerprint density at radius 1 is 1.31 bits per heavy atom. The molecular formula is C17H22N4O4S. The summed E-state index contributed by atoms with van der Waals surface area (Å²) in [6, 6.07) is 1.70. The van der Waals surface area contributed by atoms with E-state index in [1.165, 1.54) is 17.5 Å². The third-order valence-corrected chi connectivity index (χ3v) is 4.58. The average Bonchev–Trinajstić information content (AvgIpc) is 3.14. The van der Waals surface area contributed by atoms with E-state index in [9.17, 15) is 9.59 Å². The molecule has 26 heavy (non-hydrogen) atoms. The average molecular weight is 378 g/mol. The van der Waals surface area contributed by atoms with Gasteiger partial charge in [0.1, 0.15) is 4.88 Å². The Kier molecular flexibility index (Phi) is 7.61. The first-order chi connectivity index (χ1) is 12.5. The molecule has 0 saturated heterocycles. The van der Waals surface area contributed by atoms with Crippen LogP contribution in [0, 0.1) is 5.92 Å². The number of nitrogens with zero attached hydrogens (tertiary/aromatic N) is 4. The van der Waals surface area contributed by atoms with E-state index in [1.807, 2.05) is 6.92 Å². The zero-order chi connectivity index (χ0) is 18.9. The second-order valence-corrected chi connectivity index (χ2v) is 6.67. The number of carbonyl (C=O) groups is 2. The van der Waals surface area contributed by atoms with Crippen molar-refractivity contribution in [2.75, 3.05) is 26.3 Å². The SMILES string of the molecule is CCOCCCN(CC(C)C(=O)O)C(=O)c1cnc(-c2ncccn2)s1. The van der Waals surface area contributed by atoms with Crippen LogP contribution in [0.5, 0.6) is 0 Å². The number of amides is 1. The topological polar surface area (TPSA) is 106 Å². The van der Waals surface area contributed by atoms with Gasteiger partial charge in [0.2, 0.25) is 0 Å². The highest BCUT2D eigenvalue weighted by Crippen LogP contribution is 2.23. The number of hydrogen-bond acceptors (Lipinski definition) is 7. The Labute approximate surface area is 155 Å². The Bertz CT molecular complexity index is 723. The maximum atomic E-state index is 12.8. The smallest absolute Gasteiger partial charge is 0.308 e.